The van der Waals surface area contributed by atoms with E-state index in [1.165, 1.54) is 7.05 Å². The standard InChI is InChI=1S/C9H6F3N3O2S/c1-13-8(16)17-5-2-3-6(14-4-18)15-7(5)9(10,11)12/h2-3H,1H3,(H,13,16). The zero-order valence-corrected chi connectivity index (χ0v) is 9.72. The summed E-state index contributed by atoms with van der Waals surface area (Å²) in [5.41, 5.74) is -1.36. The summed E-state index contributed by atoms with van der Waals surface area (Å²) in [5, 5.41) is 3.92. The van der Waals surface area contributed by atoms with E-state index in [4.69, 9.17) is 0 Å². The van der Waals surface area contributed by atoms with Gasteiger partial charge in [-0.15, -0.1) is 0 Å². The average Bonchev–Trinajstić information content (AvgIpc) is 2.30. The molecule has 0 saturated carbocycles. The summed E-state index contributed by atoms with van der Waals surface area (Å²) < 4.78 is 42.4. The van der Waals surface area contributed by atoms with Crippen molar-refractivity contribution in [2.24, 2.45) is 4.99 Å². The predicted octanol–water partition coefficient (Wildman–Crippen LogP) is 2.55. The molecule has 18 heavy (non-hydrogen) atoms. The van der Waals surface area contributed by atoms with Crippen molar-refractivity contribution in [1.82, 2.24) is 10.3 Å². The Morgan fingerprint density at radius 3 is 2.72 bits per heavy atom. The van der Waals surface area contributed by atoms with Crippen LogP contribution in [-0.2, 0) is 6.18 Å². The molecule has 1 aromatic rings. The highest BCUT2D eigenvalue weighted by atomic mass is 32.1. The molecule has 0 unspecified atom stereocenters. The summed E-state index contributed by atoms with van der Waals surface area (Å²) in [6, 6.07) is 2.05. The first-order valence-electron chi connectivity index (χ1n) is 4.44. The number of amides is 1. The van der Waals surface area contributed by atoms with Crippen molar-refractivity contribution in [2.75, 3.05) is 7.05 Å². The van der Waals surface area contributed by atoms with E-state index >= 15 is 0 Å². The molecule has 0 aromatic carbocycles. The molecule has 5 nitrogen and oxygen atoms in total. The monoisotopic (exact) mass is 277 g/mol. The Hall–Kier alpha value is -1.99. The van der Waals surface area contributed by atoms with Gasteiger partial charge >= 0.3 is 12.3 Å². The first-order chi connectivity index (χ1) is 8.38. The summed E-state index contributed by atoms with van der Waals surface area (Å²) in [6.45, 7) is 0. The van der Waals surface area contributed by atoms with Gasteiger partial charge in [-0.2, -0.15) is 18.2 Å². The zero-order valence-electron chi connectivity index (χ0n) is 8.91. The number of carbonyl (C=O) groups is 1. The minimum atomic E-state index is -4.78. The van der Waals surface area contributed by atoms with Gasteiger partial charge in [0.25, 0.3) is 0 Å². The van der Waals surface area contributed by atoms with Crippen LogP contribution in [0.25, 0.3) is 0 Å². The normalized spacial score (nSPS) is 10.4. The second-order valence-electron chi connectivity index (χ2n) is 2.86. The molecular weight excluding hydrogens is 271 g/mol. The summed E-state index contributed by atoms with van der Waals surface area (Å²) in [4.78, 5) is 17.4. The molecular formula is C9H6F3N3O2S. The number of hydrogen-bond acceptors (Lipinski definition) is 5. The van der Waals surface area contributed by atoms with Gasteiger partial charge in [-0.05, 0) is 24.4 Å². The van der Waals surface area contributed by atoms with Gasteiger partial charge < -0.3 is 10.1 Å². The van der Waals surface area contributed by atoms with Gasteiger partial charge in [0.2, 0.25) is 0 Å². The van der Waals surface area contributed by atoms with Crippen molar-refractivity contribution in [2.45, 2.75) is 6.18 Å². The first-order valence-corrected chi connectivity index (χ1v) is 4.85. The third-order valence-electron chi connectivity index (χ3n) is 1.68. The van der Waals surface area contributed by atoms with Crippen molar-refractivity contribution >= 4 is 29.3 Å². The van der Waals surface area contributed by atoms with E-state index in [2.05, 4.69) is 26.9 Å². The molecule has 1 aromatic heterocycles. The van der Waals surface area contributed by atoms with Gasteiger partial charge in [0, 0.05) is 7.05 Å². The Kier molecular flexibility index (Phi) is 4.35. The van der Waals surface area contributed by atoms with Crippen molar-refractivity contribution in [3.05, 3.63) is 17.8 Å². The number of hydrogen-bond donors (Lipinski definition) is 1. The summed E-state index contributed by atoms with van der Waals surface area (Å²) >= 11 is 4.26. The number of nitrogens with zero attached hydrogens (tertiary/aromatic N) is 2. The van der Waals surface area contributed by atoms with Crippen LogP contribution in [0.1, 0.15) is 5.69 Å². The minimum Gasteiger partial charge on any atom is -0.408 e. The van der Waals surface area contributed by atoms with E-state index in [9.17, 15) is 18.0 Å². The van der Waals surface area contributed by atoms with E-state index < -0.39 is 23.7 Å². The second-order valence-corrected chi connectivity index (χ2v) is 3.04. The van der Waals surface area contributed by atoms with Crippen LogP contribution in [0.15, 0.2) is 17.1 Å². The van der Waals surface area contributed by atoms with Crippen molar-refractivity contribution in [3.63, 3.8) is 0 Å². The van der Waals surface area contributed by atoms with E-state index in [0.29, 0.717) is 0 Å². The fourth-order valence-electron chi connectivity index (χ4n) is 0.981. The highest BCUT2D eigenvalue weighted by molar-refractivity contribution is 7.78. The second kappa shape index (κ2) is 5.56. The number of rotatable bonds is 2. The number of ether oxygens (including phenoxy) is 1. The smallest absolute Gasteiger partial charge is 0.408 e. The van der Waals surface area contributed by atoms with Gasteiger partial charge in [-0.1, -0.05) is 0 Å². The maximum absolute atomic E-state index is 12.7. The number of aliphatic imine (C=N–C) groups is 1. The maximum Gasteiger partial charge on any atom is 0.437 e. The van der Waals surface area contributed by atoms with Gasteiger partial charge in [0.05, 0.1) is 5.16 Å². The molecule has 1 rings (SSSR count). The molecule has 0 bridgehead atoms. The van der Waals surface area contributed by atoms with Gasteiger partial charge in [0.15, 0.2) is 17.3 Å². The van der Waals surface area contributed by atoms with E-state index in [0.717, 1.165) is 12.1 Å². The predicted molar refractivity (Wildman–Crippen MR) is 59.0 cm³/mol. The van der Waals surface area contributed by atoms with Crippen molar-refractivity contribution in [3.8, 4) is 5.75 Å². The SMILES string of the molecule is CNC(=O)Oc1ccc(N=C=S)nc1C(F)(F)F. The van der Waals surface area contributed by atoms with E-state index in [1.807, 2.05) is 10.5 Å². The lowest BCUT2D eigenvalue weighted by molar-refractivity contribution is -0.142. The van der Waals surface area contributed by atoms with Crippen LogP contribution in [0.5, 0.6) is 5.75 Å². The summed E-state index contributed by atoms with van der Waals surface area (Å²) in [6.07, 6.45) is -5.82. The quantitative estimate of drug-likeness (QED) is 0.666. The average molecular weight is 277 g/mol. The zero-order chi connectivity index (χ0) is 13.8. The number of halogens is 3. The molecule has 0 saturated heterocycles. The van der Waals surface area contributed by atoms with Crippen LogP contribution in [0, 0.1) is 0 Å². The Morgan fingerprint density at radius 1 is 1.56 bits per heavy atom. The number of isothiocyanates is 1. The fraction of sp³-hybridized carbons (Fsp3) is 0.222. The molecule has 0 aliphatic heterocycles. The van der Waals surface area contributed by atoms with Gasteiger partial charge in [-0.25, -0.2) is 9.78 Å². The molecule has 0 aliphatic carbocycles. The Balaban J connectivity index is 3.25. The summed E-state index contributed by atoms with van der Waals surface area (Å²) in [5.74, 6) is -0.994. The minimum absolute atomic E-state index is 0.276. The Bertz CT molecular complexity index is 512. The van der Waals surface area contributed by atoms with E-state index in [-0.39, 0.29) is 5.82 Å². The van der Waals surface area contributed by atoms with Gasteiger partial charge in [0.1, 0.15) is 0 Å². The summed E-state index contributed by atoms with van der Waals surface area (Å²) in [7, 11) is 1.22. The lowest BCUT2D eigenvalue weighted by atomic mass is 10.3. The molecule has 1 N–H and O–H groups in total. The third kappa shape index (κ3) is 3.51. The van der Waals surface area contributed by atoms with Crippen molar-refractivity contribution < 1.29 is 22.7 Å². The molecule has 1 heterocycles. The lowest BCUT2D eigenvalue weighted by Crippen LogP contribution is -2.24. The first kappa shape index (κ1) is 14.1. The number of alkyl halides is 3. The van der Waals surface area contributed by atoms with Crippen LogP contribution in [0.3, 0.4) is 0 Å². The molecule has 9 heteroatoms. The Labute approximate surface area is 105 Å². The number of pyridine rings is 1. The van der Waals surface area contributed by atoms with Crippen LogP contribution in [0.2, 0.25) is 0 Å². The highest BCUT2D eigenvalue weighted by Gasteiger charge is 2.37. The lowest BCUT2D eigenvalue weighted by Gasteiger charge is -2.11. The number of carbonyl (C=O) groups excluding carboxylic acids is 1. The molecule has 0 atom stereocenters. The third-order valence-corrected chi connectivity index (χ3v) is 1.77. The molecule has 0 spiro atoms. The van der Waals surface area contributed by atoms with E-state index in [1.54, 1.807) is 0 Å². The van der Waals surface area contributed by atoms with Gasteiger partial charge in [-0.3, -0.25) is 0 Å². The largest absolute Gasteiger partial charge is 0.437 e. The highest BCUT2D eigenvalue weighted by Crippen LogP contribution is 2.35. The van der Waals surface area contributed by atoms with Crippen LogP contribution >= 0.6 is 12.2 Å². The molecule has 0 radical (unpaired) electrons. The number of aromatic nitrogens is 1. The Morgan fingerprint density at radius 2 is 2.22 bits per heavy atom. The number of nitrogens with one attached hydrogen (secondary N) is 1. The van der Waals surface area contributed by atoms with Crippen molar-refractivity contribution in [1.29, 1.82) is 0 Å². The van der Waals surface area contributed by atoms with Crippen LogP contribution in [0.4, 0.5) is 23.8 Å². The van der Waals surface area contributed by atoms with Crippen LogP contribution < -0.4 is 10.1 Å². The van der Waals surface area contributed by atoms with Crippen LogP contribution in [-0.4, -0.2) is 23.3 Å². The maximum atomic E-state index is 12.7. The molecule has 0 fully saturated rings. The molecule has 0 aliphatic rings. The fourth-order valence-corrected chi connectivity index (χ4v) is 1.07. The topological polar surface area (TPSA) is 63.6 Å². The molecule has 96 valence electrons. The molecule has 1 amide bonds. The number of thiocarbonyl (C=S) groups is 1.